The molecule has 2 rings (SSSR count). The van der Waals surface area contributed by atoms with Gasteiger partial charge in [0.15, 0.2) is 5.96 Å². The second-order valence-corrected chi connectivity index (χ2v) is 13.5. The second-order valence-electron chi connectivity index (χ2n) is 13.2. The quantitative estimate of drug-likeness (QED) is 0.0238. The monoisotopic (exact) mass is 841 g/mol. The van der Waals surface area contributed by atoms with Crippen LogP contribution in [0.25, 0.3) is 0 Å². The number of rotatable bonds is 21. The first-order valence-corrected chi connectivity index (χ1v) is 20.7. The summed E-state index contributed by atoms with van der Waals surface area (Å²) in [7, 11) is 0. The summed E-state index contributed by atoms with van der Waals surface area (Å²) in [4.78, 5) is 47.8. The smallest absolute Gasteiger partial charge is 0.313 e. The number of aromatic nitrogens is 2. The van der Waals surface area contributed by atoms with Crippen molar-refractivity contribution in [2.45, 2.75) is 151 Å². The lowest BCUT2D eigenvalue weighted by atomic mass is 10.1. The molecule has 0 aromatic carbocycles. The molecule has 2 heterocycles. The molecule has 2 aromatic heterocycles. The van der Waals surface area contributed by atoms with E-state index in [2.05, 4.69) is 38.4 Å². The van der Waals surface area contributed by atoms with E-state index in [4.69, 9.17) is 32.1 Å². The second kappa shape index (κ2) is 36.7. The molecule has 2 aromatic rings. The molecule has 0 saturated heterocycles. The summed E-state index contributed by atoms with van der Waals surface area (Å²) >= 11 is 3.42. The van der Waals surface area contributed by atoms with Gasteiger partial charge in [0.1, 0.15) is 0 Å². The topological polar surface area (TPSA) is 271 Å². The van der Waals surface area contributed by atoms with Crippen molar-refractivity contribution in [2.24, 2.45) is 16.5 Å². The highest BCUT2D eigenvalue weighted by Gasteiger charge is 2.22. The van der Waals surface area contributed by atoms with E-state index >= 15 is 0 Å². The Kier molecular flexibility index (Phi) is 36.5. The number of aliphatic hydroxyl groups excluding tert-OH is 1. The number of thiol groups is 1. The predicted molar refractivity (Wildman–Crippen MR) is 222 cm³/mol. The Hall–Kier alpha value is -4.64. The zero-order valence-electron chi connectivity index (χ0n) is 35.8. The van der Waals surface area contributed by atoms with Crippen molar-refractivity contribution in [2.75, 3.05) is 18.8 Å². The van der Waals surface area contributed by atoms with Crippen LogP contribution in [0.2, 0.25) is 0 Å². The number of aliphatic hydroxyl groups is 1. The normalized spacial score (nSPS) is 10.9. The molecule has 58 heavy (non-hydrogen) atoms. The molecule has 16 nitrogen and oxygen atoms in total. The van der Waals surface area contributed by atoms with E-state index < -0.39 is 30.1 Å². The van der Waals surface area contributed by atoms with E-state index in [1.165, 1.54) is 54.6 Å². The van der Waals surface area contributed by atoms with Gasteiger partial charge in [0, 0.05) is 66.1 Å². The van der Waals surface area contributed by atoms with Crippen LogP contribution >= 0.6 is 12.6 Å². The Morgan fingerprint density at radius 1 is 0.793 bits per heavy atom. The number of nitrogens with zero attached hydrogens (tertiary/aromatic N) is 4. The Labute approximate surface area is 350 Å². The number of aliphatic imine (C=N–C) groups is 1. The largest absolute Gasteiger partial charge is 0.548 e. The van der Waals surface area contributed by atoms with Gasteiger partial charge < -0.3 is 46.4 Å². The van der Waals surface area contributed by atoms with Gasteiger partial charge in [0.2, 0.25) is 29.7 Å². The summed E-state index contributed by atoms with van der Waals surface area (Å²) in [5, 5.41) is 54.7. The zero-order valence-corrected chi connectivity index (χ0v) is 36.7. The summed E-state index contributed by atoms with van der Waals surface area (Å²) in [6.45, 7) is 13.8. The maximum Gasteiger partial charge on any atom is 0.313 e. The van der Waals surface area contributed by atoms with E-state index in [0.29, 0.717) is 25.9 Å². The fourth-order valence-electron chi connectivity index (χ4n) is 5.18. The number of hydrogen-bond donors (Lipinski definition) is 7. The Balaban J connectivity index is -0.000000785. The van der Waals surface area contributed by atoms with Crippen LogP contribution in [0, 0.1) is 13.8 Å². The number of aryl methyl sites for hydroxylation is 2. The highest BCUT2D eigenvalue weighted by molar-refractivity contribution is 7.81. The van der Waals surface area contributed by atoms with Crippen molar-refractivity contribution in [3.8, 4) is 0 Å². The van der Waals surface area contributed by atoms with Crippen LogP contribution in [0.4, 0.5) is 0 Å². The molecule has 332 valence electrons. The predicted octanol–water partition coefficient (Wildman–Crippen LogP) is 2.21. The molecule has 0 spiro atoms. The van der Waals surface area contributed by atoms with Crippen molar-refractivity contribution in [1.29, 1.82) is 0 Å². The number of amides is 1. The maximum atomic E-state index is 12.4. The third-order valence-electron chi connectivity index (χ3n) is 8.64. The number of carboxylic acid groups (broad SMARTS) is 3. The molecule has 0 bridgehead atoms. The molecular weight excluding hydrogens is 769 g/mol. The van der Waals surface area contributed by atoms with Gasteiger partial charge in [-0.15, -0.1) is 0 Å². The summed E-state index contributed by atoms with van der Waals surface area (Å²) < 4.78 is 2.30. The molecule has 0 saturated carbocycles. The SMILES string of the molecule is CC(O)C(=O)[O-].CCCCCCCCCCCC(=O)N(CC)[C@@H](CCCN=C(N)N)C(=O)[O-].CCc1ccc[n+](O)c1C.CCc1ccc[n+](O)c1C.O=C(O)CS. The molecule has 0 aliphatic heterocycles. The van der Waals surface area contributed by atoms with Crippen molar-refractivity contribution < 1.29 is 59.5 Å². The van der Waals surface area contributed by atoms with E-state index in [0.717, 1.165) is 59.9 Å². The van der Waals surface area contributed by atoms with Crippen molar-refractivity contribution in [3.63, 3.8) is 0 Å². The first-order valence-electron chi connectivity index (χ1n) is 20.0. The summed E-state index contributed by atoms with van der Waals surface area (Å²) in [6, 6.07) is 6.79. The highest BCUT2D eigenvalue weighted by Crippen LogP contribution is 2.14. The number of likely N-dealkylation sites (N-methyl/N-ethyl adjacent to an activating group) is 1. The van der Waals surface area contributed by atoms with Gasteiger partial charge in [-0.3, -0.25) is 25.0 Å². The van der Waals surface area contributed by atoms with Gasteiger partial charge in [-0.25, -0.2) is 0 Å². The van der Waals surface area contributed by atoms with Crippen molar-refractivity contribution in [1.82, 2.24) is 4.90 Å². The molecular formula is C41H72N6O10S. The van der Waals surface area contributed by atoms with Crippen molar-refractivity contribution >= 4 is 42.4 Å². The van der Waals surface area contributed by atoms with Crippen LogP contribution in [0.15, 0.2) is 41.7 Å². The van der Waals surface area contributed by atoms with E-state index in [9.17, 15) is 29.4 Å². The third kappa shape index (κ3) is 30.5. The Morgan fingerprint density at radius 2 is 1.21 bits per heavy atom. The molecule has 2 atom stereocenters. The molecule has 0 aliphatic carbocycles. The number of aliphatic carboxylic acids is 3. The zero-order chi connectivity index (χ0) is 45.1. The lowest BCUT2D eigenvalue weighted by molar-refractivity contribution is -0.909. The highest BCUT2D eigenvalue weighted by atomic mass is 32.1. The molecule has 0 fully saturated rings. The molecule has 0 aliphatic rings. The number of hydrogen-bond acceptors (Lipinski definition) is 11. The van der Waals surface area contributed by atoms with E-state index in [1.807, 2.05) is 38.1 Å². The van der Waals surface area contributed by atoms with Crippen LogP contribution in [-0.4, -0.2) is 86.3 Å². The van der Waals surface area contributed by atoms with Gasteiger partial charge in [-0.05, 0) is 58.1 Å². The molecule has 8 N–H and O–H groups in total. The summed E-state index contributed by atoms with van der Waals surface area (Å²) in [6.07, 6.45) is 15.6. The van der Waals surface area contributed by atoms with E-state index in [1.54, 1.807) is 19.3 Å². The minimum Gasteiger partial charge on any atom is -0.548 e. The number of carbonyl (C=O) groups excluding carboxylic acids is 3. The first-order chi connectivity index (χ1) is 27.4. The molecule has 1 amide bonds. The van der Waals surface area contributed by atoms with E-state index in [-0.39, 0.29) is 24.0 Å². The van der Waals surface area contributed by atoms with Gasteiger partial charge in [0.25, 0.3) is 0 Å². The number of nitrogens with two attached hydrogens (primary N) is 2. The van der Waals surface area contributed by atoms with Crippen LogP contribution in [0.5, 0.6) is 0 Å². The van der Waals surface area contributed by atoms with Crippen LogP contribution in [0.3, 0.4) is 0 Å². The number of unbranched alkanes of at least 4 members (excludes halogenated alkanes) is 8. The average molecular weight is 841 g/mol. The van der Waals surface area contributed by atoms with Gasteiger partial charge in [-0.1, -0.05) is 72.1 Å². The minimum atomic E-state index is -1.44. The lowest BCUT2D eigenvalue weighted by Crippen LogP contribution is -2.50. The number of carbonyl (C=O) groups is 4. The lowest BCUT2D eigenvalue weighted by Gasteiger charge is -2.31. The fraction of sp³-hybridized carbons (Fsp3) is 0.634. The minimum absolute atomic E-state index is 0.0196. The molecule has 1 unspecified atom stereocenters. The number of pyridine rings is 2. The molecule has 0 radical (unpaired) electrons. The number of guanidine groups is 1. The van der Waals surface area contributed by atoms with Gasteiger partial charge in [-0.2, -0.15) is 12.6 Å². The molecule has 17 heteroatoms. The van der Waals surface area contributed by atoms with Crippen LogP contribution in [0.1, 0.15) is 134 Å². The van der Waals surface area contributed by atoms with Gasteiger partial charge in [0.05, 0.1) is 29.8 Å². The van der Waals surface area contributed by atoms with Crippen LogP contribution < -0.4 is 31.1 Å². The summed E-state index contributed by atoms with van der Waals surface area (Å²) in [5.41, 5.74) is 14.7. The van der Waals surface area contributed by atoms with Crippen LogP contribution in [-0.2, 0) is 32.0 Å². The van der Waals surface area contributed by atoms with Gasteiger partial charge >= 0.3 is 5.97 Å². The standard InChI is InChI=1S/C20H40N4O3.2C8H12NO.C3H6O3.C2H4O2S/c1-3-5-6-7-8-9-10-11-12-15-18(25)24(4-2)17(19(26)27)14-13-16-23-20(21)22;2*1-3-8-5-4-6-9(10)7(8)2;1-2(4)3(5)6;3-2(4)1-5/h17H,3-16H2,1-2H3,(H,26,27)(H4,21,22,23);2*4-6,10H,3H2,1-2H3;2,4H,1H3,(H,5,6);5H,1H2,(H,3,4)/q;2*+1;;/p-2/t17-;;;;/m0..../s1. The number of carboxylic acids is 3. The third-order valence-corrected chi connectivity index (χ3v) is 8.91. The maximum absolute atomic E-state index is 12.4. The Bertz CT molecular complexity index is 1410. The fourth-order valence-corrected chi connectivity index (χ4v) is 5.18. The summed E-state index contributed by atoms with van der Waals surface area (Å²) in [5.74, 6) is -3.75. The first kappa shape index (κ1) is 57.7. The average Bonchev–Trinajstić information content (AvgIpc) is 3.18. The van der Waals surface area contributed by atoms with Crippen molar-refractivity contribution in [3.05, 3.63) is 59.2 Å². The Morgan fingerprint density at radius 3 is 1.52 bits per heavy atom.